The van der Waals surface area contributed by atoms with Crippen molar-refractivity contribution in [2.45, 2.75) is 6.42 Å². The minimum atomic E-state index is -1.25. The molecule has 0 aromatic heterocycles. The summed E-state index contributed by atoms with van der Waals surface area (Å²) in [6.45, 7) is 0. The van der Waals surface area contributed by atoms with E-state index in [9.17, 15) is 13.6 Å². The Morgan fingerprint density at radius 1 is 1.38 bits per heavy atom. The van der Waals surface area contributed by atoms with Crippen molar-refractivity contribution in [1.29, 1.82) is 0 Å². The molecule has 0 bridgehead atoms. The number of rotatable bonds is 2. The van der Waals surface area contributed by atoms with Gasteiger partial charge in [0.15, 0.2) is 0 Å². The summed E-state index contributed by atoms with van der Waals surface area (Å²) in [6.07, 6.45) is -0.630. The maximum Gasteiger partial charge on any atom is 0.308 e. The van der Waals surface area contributed by atoms with Crippen LogP contribution in [-0.4, -0.2) is 11.1 Å². The average Bonchev–Trinajstić information content (AvgIpc) is 1.96. The fourth-order valence-electron chi connectivity index (χ4n) is 0.892. The van der Waals surface area contributed by atoms with Crippen molar-refractivity contribution in [3.05, 3.63) is 32.9 Å². The van der Waals surface area contributed by atoms with E-state index in [1.54, 1.807) is 22.6 Å². The average molecular weight is 298 g/mol. The number of aliphatic carboxylic acids is 1. The van der Waals surface area contributed by atoms with E-state index in [0.717, 1.165) is 12.1 Å². The molecule has 0 atom stereocenters. The molecule has 5 heteroatoms. The van der Waals surface area contributed by atoms with Crippen LogP contribution in [0.2, 0.25) is 0 Å². The van der Waals surface area contributed by atoms with Gasteiger partial charge in [-0.15, -0.1) is 0 Å². The lowest BCUT2D eigenvalue weighted by Crippen LogP contribution is -2.05. The van der Waals surface area contributed by atoms with Crippen LogP contribution in [0.5, 0.6) is 0 Å². The Hall–Kier alpha value is -0.720. The van der Waals surface area contributed by atoms with Gasteiger partial charge in [-0.1, -0.05) is 0 Å². The Bertz CT molecular complexity index is 329. The van der Waals surface area contributed by atoms with Crippen LogP contribution in [0.25, 0.3) is 0 Å². The van der Waals surface area contributed by atoms with Crippen molar-refractivity contribution in [1.82, 2.24) is 0 Å². The van der Waals surface area contributed by atoms with Crippen molar-refractivity contribution in [2.75, 3.05) is 0 Å². The Labute approximate surface area is 86.7 Å². The summed E-state index contributed by atoms with van der Waals surface area (Å²) in [5.74, 6) is -2.88. The molecule has 1 aromatic carbocycles. The molecule has 1 rings (SSSR count). The second-order valence-corrected chi connectivity index (χ2v) is 3.66. The first-order valence-corrected chi connectivity index (χ1v) is 4.44. The van der Waals surface area contributed by atoms with Crippen LogP contribution in [0.1, 0.15) is 5.56 Å². The Morgan fingerprint density at radius 3 is 2.23 bits per heavy atom. The molecule has 0 saturated carbocycles. The van der Waals surface area contributed by atoms with Crippen LogP contribution in [0.4, 0.5) is 8.78 Å². The van der Waals surface area contributed by atoms with E-state index in [1.165, 1.54) is 0 Å². The molecule has 0 aliphatic heterocycles. The monoisotopic (exact) mass is 298 g/mol. The lowest BCUT2D eigenvalue weighted by Gasteiger charge is -2.02. The van der Waals surface area contributed by atoms with Crippen LogP contribution in [0.3, 0.4) is 0 Å². The lowest BCUT2D eigenvalue weighted by molar-refractivity contribution is -0.136. The first kappa shape index (κ1) is 10.4. The van der Waals surface area contributed by atoms with Gasteiger partial charge in [0.2, 0.25) is 0 Å². The molecule has 1 N–H and O–H groups in total. The Kier molecular flexibility index (Phi) is 3.18. The Morgan fingerprint density at radius 2 is 1.85 bits per heavy atom. The highest BCUT2D eigenvalue weighted by Gasteiger charge is 2.13. The summed E-state index contributed by atoms with van der Waals surface area (Å²) in [7, 11) is 0. The Balaban J connectivity index is 3.13. The third kappa shape index (κ3) is 2.61. The van der Waals surface area contributed by atoms with Crippen LogP contribution in [-0.2, 0) is 11.2 Å². The summed E-state index contributed by atoms with van der Waals surface area (Å²) in [6, 6.07) is 2.20. The maximum atomic E-state index is 13.0. The van der Waals surface area contributed by atoms with E-state index in [1.807, 2.05) is 0 Å². The predicted octanol–water partition coefficient (Wildman–Crippen LogP) is 2.20. The van der Waals surface area contributed by atoms with E-state index in [4.69, 9.17) is 5.11 Å². The predicted molar refractivity (Wildman–Crippen MR) is 50.4 cm³/mol. The summed E-state index contributed by atoms with van der Waals surface area (Å²) >= 11 is 1.75. The van der Waals surface area contributed by atoms with Gasteiger partial charge >= 0.3 is 5.97 Å². The number of carbonyl (C=O) groups is 1. The van der Waals surface area contributed by atoms with Gasteiger partial charge in [0.05, 0.1) is 6.42 Å². The topological polar surface area (TPSA) is 37.3 Å². The normalized spacial score (nSPS) is 10.1. The summed E-state index contributed by atoms with van der Waals surface area (Å²) < 4.78 is 26.3. The van der Waals surface area contributed by atoms with Crippen LogP contribution in [0, 0.1) is 15.2 Å². The maximum absolute atomic E-state index is 13.0. The summed E-state index contributed by atoms with van der Waals surface area (Å²) in [4.78, 5) is 10.2. The third-order valence-electron chi connectivity index (χ3n) is 1.43. The van der Waals surface area contributed by atoms with Gasteiger partial charge in [-0.05, 0) is 34.7 Å². The van der Waals surface area contributed by atoms with Crippen LogP contribution < -0.4 is 0 Å². The molecule has 1 aromatic rings. The van der Waals surface area contributed by atoms with E-state index in [2.05, 4.69) is 0 Å². The second kappa shape index (κ2) is 3.99. The highest BCUT2D eigenvalue weighted by Crippen LogP contribution is 2.17. The van der Waals surface area contributed by atoms with Crippen molar-refractivity contribution in [2.24, 2.45) is 0 Å². The SMILES string of the molecule is O=C(O)Cc1c(F)cc(I)cc1F. The molecular formula is C8H5F2IO2. The van der Waals surface area contributed by atoms with E-state index >= 15 is 0 Å². The van der Waals surface area contributed by atoms with Gasteiger partial charge in [-0.2, -0.15) is 0 Å². The number of benzene rings is 1. The molecule has 70 valence electrons. The zero-order valence-electron chi connectivity index (χ0n) is 6.35. The number of hydrogen-bond donors (Lipinski definition) is 1. The minimum Gasteiger partial charge on any atom is -0.481 e. The van der Waals surface area contributed by atoms with E-state index < -0.39 is 29.6 Å². The van der Waals surface area contributed by atoms with Crippen molar-refractivity contribution in [3.63, 3.8) is 0 Å². The fraction of sp³-hybridized carbons (Fsp3) is 0.125. The number of hydrogen-bond acceptors (Lipinski definition) is 1. The largest absolute Gasteiger partial charge is 0.481 e. The van der Waals surface area contributed by atoms with Gasteiger partial charge in [0.1, 0.15) is 11.6 Å². The lowest BCUT2D eigenvalue weighted by atomic mass is 10.1. The van der Waals surface area contributed by atoms with E-state index in [-0.39, 0.29) is 0 Å². The number of halogens is 3. The van der Waals surface area contributed by atoms with Crippen LogP contribution >= 0.6 is 22.6 Å². The molecule has 0 aliphatic rings. The molecule has 0 saturated heterocycles. The standard InChI is InChI=1S/C8H5F2IO2/c9-6-1-4(11)2-7(10)5(6)3-8(12)13/h1-2H,3H2,(H,12,13). The van der Waals surface area contributed by atoms with Gasteiger partial charge < -0.3 is 5.11 Å². The van der Waals surface area contributed by atoms with Gasteiger partial charge in [0, 0.05) is 9.13 Å². The van der Waals surface area contributed by atoms with Crippen molar-refractivity contribution >= 4 is 28.6 Å². The number of carboxylic acid groups (broad SMARTS) is 1. The molecule has 0 radical (unpaired) electrons. The van der Waals surface area contributed by atoms with Gasteiger partial charge in [-0.25, -0.2) is 8.78 Å². The fourth-order valence-corrected chi connectivity index (χ4v) is 1.44. The molecule has 13 heavy (non-hydrogen) atoms. The first-order chi connectivity index (χ1) is 6.00. The molecule has 0 heterocycles. The van der Waals surface area contributed by atoms with Crippen LogP contribution in [0.15, 0.2) is 12.1 Å². The molecule has 0 spiro atoms. The smallest absolute Gasteiger partial charge is 0.308 e. The first-order valence-electron chi connectivity index (χ1n) is 3.36. The highest BCUT2D eigenvalue weighted by atomic mass is 127. The van der Waals surface area contributed by atoms with E-state index in [0.29, 0.717) is 3.57 Å². The summed E-state index contributed by atoms with van der Waals surface area (Å²) in [5, 5.41) is 8.35. The zero-order chi connectivity index (χ0) is 10.0. The highest BCUT2D eigenvalue weighted by molar-refractivity contribution is 14.1. The molecule has 0 aliphatic carbocycles. The zero-order valence-corrected chi connectivity index (χ0v) is 8.51. The molecule has 0 unspecified atom stereocenters. The van der Waals surface area contributed by atoms with Gasteiger partial charge in [-0.3, -0.25) is 4.79 Å². The quantitative estimate of drug-likeness (QED) is 0.850. The molecule has 0 amide bonds. The van der Waals surface area contributed by atoms with Gasteiger partial charge in [0.25, 0.3) is 0 Å². The van der Waals surface area contributed by atoms with Crippen molar-refractivity contribution < 1.29 is 18.7 Å². The number of carboxylic acids is 1. The minimum absolute atomic E-state index is 0.395. The molecule has 2 nitrogen and oxygen atoms in total. The molecule has 0 fully saturated rings. The second-order valence-electron chi connectivity index (χ2n) is 2.42. The summed E-state index contributed by atoms with van der Waals surface area (Å²) in [5.41, 5.74) is -0.395. The van der Waals surface area contributed by atoms with Crippen molar-refractivity contribution in [3.8, 4) is 0 Å². The third-order valence-corrected chi connectivity index (χ3v) is 2.06. The molecular weight excluding hydrogens is 293 g/mol.